The zero-order valence-corrected chi connectivity index (χ0v) is 16.8. The molecule has 0 heterocycles. The van der Waals surface area contributed by atoms with E-state index in [1.807, 2.05) is 25.1 Å². The minimum absolute atomic E-state index is 0.212. The molecule has 2 atom stereocenters. The summed E-state index contributed by atoms with van der Waals surface area (Å²) in [5.74, 6) is 1.36. The first-order valence-corrected chi connectivity index (χ1v) is 10.1. The number of ether oxygens (including phenoxy) is 2. The monoisotopic (exact) mass is 380 g/mol. The molecule has 0 aromatic heterocycles. The van der Waals surface area contributed by atoms with Crippen molar-refractivity contribution in [3.05, 3.63) is 77.4 Å². The van der Waals surface area contributed by atoms with Crippen molar-refractivity contribution in [2.45, 2.75) is 19.8 Å². The molecule has 0 saturated carbocycles. The van der Waals surface area contributed by atoms with Gasteiger partial charge in [0, 0.05) is 18.0 Å². The topological polar surface area (TPSA) is 35.5 Å². The second kappa shape index (κ2) is 9.64. The number of para-hydroxylation sites is 1. The van der Waals surface area contributed by atoms with Crippen molar-refractivity contribution in [2.75, 3.05) is 13.9 Å². The summed E-state index contributed by atoms with van der Waals surface area (Å²) in [7, 11) is 1.99. The van der Waals surface area contributed by atoms with Crippen molar-refractivity contribution in [1.29, 1.82) is 0 Å². The number of hydrogen-bond donors (Lipinski definition) is 0. The third-order valence-corrected chi connectivity index (χ3v) is 6.26. The van der Waals surface area contributed by atoms with Crippen LogP contribution in [0, 0.1) is 12.8 Å². The SMILES string of the molecule is COCOc1c(CC2C=CC=CC2)cccc1Pc1c(C)cccc1C=O. The van der Waals surface area contributed by atoms with Gasteiger partial charge in [-0.05, 0) is 42.1 Å². The zero-order valence-electron chi connectivity index (χ0n) is 15.8. The van der Waals surface area contributed by atoms with Crippen LogP contribution in [0.1, 0.15) is 27.9 Å². The Morgan fingerprint density at radius 2 is 2.04 bits per heavy atom. The van der Waals surface area contributed by atoms with Gasteiger partial charge in [0.15, 0.2) is 13.1 Å². The van der Waals surface area contributed by atoms with Crippen molar-refractivity contribution in [2.24, 2.45) is 5.92 Å². The lowest BCUT2D eigenvalue weighted by Crippen LogP contribution is -2.17. The van der Waals surface area contributed by atoms with Crippen molar-refractivity contribution < 1.29 is 14.3 Å². The molecule has 0 bridgehead atoms. The van der Waals surface area contributed by atoms with E-state index in [1.165, 1.54) is 5.56 Å². The third-order valence-electron chi connectivity index (χ3n) is 4.66. The molecule has 0 N–H and O–H groups in total. The van der Waals surface area contributed by atoms with Gasteiger partial charge in [-0.15, -0.1) is 0 Å². The summed E-state index contributed by atoms with van der Waals surface area (Å²) >= 11 is 0. The number of allylic oxidation sites excluding steroid dienone is 4. The Morgan fingerprint density at radius 1 is 1.19 bits per heavy atom. The van der Waals surface area contributed by atoms with Gasteiger partial charge in [0.2, 0.25) is 0 Å². The standard InChI is InChI=1S/C23H25O3P/c1-17-8-6-12-20(15-24)23(17)27-21-13-7-11-19(22(21)26-16-25-2)14-18-9-4-3-5-10-18/h3-9,11-13,15,18,27H,10,14,16H2,1-2H3. The molecule has 1 aliphatic rings. The van der Waals surface area contributed by atoms with Gasteiger partial charge < -0.3 is 9.47 Å². The predicted molar refractivity (Wildman–Crippen MR) is 113 cm³/mol. The van der Waals surface area contributed by atoms with Crippen molar-refractivity contribution >= 4 is 25.5 Å². The number of benzene rings is 2. The van der Waals surface area contributed by atoms with E-state index < -0.39 is 0 Å². The van der Waals surface area contributed by atoms with Gasteiger partial charge in [-0.3, -0.25) is 4.79 Å². The molecule has 0 radical (unpaired) electrons. The molecule has 3 nitrogen and oxygen atoms in total. The van der Waals surface area contributed by atoms with Crippen molar-refractivity contribution in [3.8, 4) is 5.75 Å². The Morgan fingerprint density at radius 3 is 2.78 bits per heavy atom. The lowest BCUT2D eigenvalue weighted by atomic mass is 9.93. The van der Waals surface area contributed by atoms with E-state index in [2.05, 4.69) is 42.5 Å². The average molecular weight is 380 g/mol. The molecule has 2 aromatic rings. The van der Waals surface area contributed by atoms with E-state index in [9.17, 15) is 4.79 Å². The van der Waals surface area contributed by atoms with Gasteiger partial charge in [-0.2, -0.15) is 0 Å². The smallest absolute Gasteiger partial charge is 0.188 e. The van der Waals surface area contributed by atoms with Crippen LogP contribution in [0.4, 0.5) is 0 Å². The van der Waals surface area contributed by atoms with Crippen LogP contribution in [0.15, 0.2) is 60.7 Å². The molecule has 0 aliphatic heterocycles. The van der Waals surface area contributed by atoms with Gasteiger partial charge in [-0.1, -0.05) is 69.3 Å². The van der Waals surface area contributed by atoms with Crippen LogP contribution in [0.2, 0.25) is 0 Å². The number of carbonyl (C=O) groups excluding carboxylic acids is 1. The van der Waals surface area contributed by atoms with E-state index in [-0.39, 0.29) is 6.79 Å². The van der Waals surface area contributed by atoms with E-state index in [1.54, 1.807) is 7.11 Å². The van der Waals surface area contributed by atoms with E-state index in [0.29, 0.717) is 14.5 Å². The Labute approximate surface area is 162 Å². The lowest BCUT2D eigenvalue weighted by Gasteiger charge is -2.19. The molecule has 2 unspecified atom stereocenters. The maximum atomic E-state index is 11.5. The Bertz CT molecular complexity index is 855. The number of rotatable bonds is 8. The van der Waals surface area contributed by atoms with E-state index >= 15 is 0 Å². The number of aldehydes is 1. The number of carbonyl (C=O) groups is 1. The van der Waals surface area contributed by atoms with Crippen LogP contribution >= 0.6 is 8.58 Å². The second-order valence-electron chi connectivity index (χ2n) is 6.64. The first-order valence-electron chi connectivity index (χ1n) is 9.11. The molecule has 27 heavy (non-hydrogen) atoms. The van der Waals surface area contributed by atoms with Gasteiger partial charge in [-0.25, -0.2) is 0 Å². The number of methoxy groups -OCH3 is 1. The molecule has 3 rings (SSSR count). The summed E-state index contributed by atoms with van der Waals surface area (Å²) < 4.78 is 11.2. The highest BCUT2D eigenvalue weighted by atomic mass is 31.1. The van der Waals surface area contributed by atoms with E-state index in [4.69, 9.17) is 9.47 Å². The highest BCUT2D eigenvalue weighted by Gasteiger charge is 2.16. The molecule has 4 heteroatoms. The fourth-order valence-electron chi connectivity index (χ4n) is 3.29. The summed E-state index contributed by atoms with van der Waals surface area (Å²) in [5.41, 5.74) is 3.06. The average Bonchev–Trinajstić information content (AvgIpc) is 2.70. The summed E-state index contributed by atoms with van der Waals surface area (Å²) in [6, 6.07) is 12.1. The first-order chi connectivity index (χ1) is 13.2. The minimum Gasteiger partial charge on any atom is -0.467 e. The van der Waals surface area contributed by atoms with Crippen LogP contribution in [-0.4, -0.2) is 20.2 Å². The van der Waals surface area contributed by atoms with Crippen LogP contribution in [0.3, 0.4) is 0 Å². The Hall–Kier alpha value is -2.22. The molecule has 0 saturated heterocycles. The van der Waals surface area contributed by atoms with Crippen LogP contribution < -0.4 is 15.3 Å². The Kier molecular flexibility index (Phi) is 6.98. The van der Waals surface area contributed by atoms with Gasteiger partial charge in [0.1, 0.15) is 5.75 Å². The molecular weight excluding hydrogens is 355 g/mol. The number of aryl methyl sites for hydroxylation is 1. The molecular formula is C23H25O3P. The quantitative estimate of drug-likeness (QED) is 0.393. The first kappa shape index (κ1) is 19.5. The maximum Gasteiger partial charge on any atom is 0.188 e. The van der Waals surface area contributed by atoms with E-state index in [0.717, 1.165) is 46.6 Å². The minimum atomic E-state index is 0.212. The highest BCUT2D eigenvalue weighted by molar-refractivity contribution is 7.56. The van der Waals surface area contributed by atoms with Crippen LogP contribution in [0.5, 0.6) is 5.75 Å². The highest BCUT2D eigenvalue weighted by Crippen LogP contribution is 2.29. The second-order valence-corrected chi connectivity index (χ2v) is 7.93. The summed E-state index contributed by atoms with van der Waals surface area (Å²) in [6.45, 7) is 2.26. The third kappa shape index (κ3) is 4.94. The van der Waals surface area contributed by atoms with Crippen LogP contribution in [0.25, 0.3) is 0 Å². The Balaban J connectivity index is 1.94. The molecule has 2 aromatic carbocycles. The lowest BCUT2D eigenvalue weighted by molar-refractivity contribution is 0.0511. The van der Waals surface area contributed by atoms with Gasteiger partial charge in [0.05, 0.1) is 0 Å². The van der Waals surface area contributed by atoms with Crippen LogP contribution in [-0.2, 0) is 11.2 Å². The van der Waals surface area contributed by atoms with Gasteiger partial charge >= 0.3 is 0 Å². The molecule has 1 aliphatic carbocycles. The maximum absolute atomic E-state index is 11.5. The normalized spacial score (nSPS) is 16.1. The molecule has 0 amide bonds. The molecule has 140 valence electrons. The summed E-state index contributed by atoms with van der Waals surface area (Å²) in [4.78, 5) is 11.5. The largest absolute Gasteiger partial charge is 0.467 e. The van der Waals surface area contributed by atoms with Crippen molar-refractivity contribution in [3.63, 3.8) is 0 Å². The fourth-order valence-corrected chi connectivity index (χ4v) is 4.65. The fraction of sp³-hybridized carbons (Fsp3) is 0.261. The zero-order chi connectivity index (χ0) is 19.1. The molecule has 0 spiro atoms. The summed E-state index contributed by atoms with van der Waals surface area (Å²) in [6.07, 6.45) is 11.6. The van der Waals surface area contributed by atoms with Gasteiger partial charge in [0.25, 0.3) is 0 Å². The number of hydrogen-bond acceptors (Lipinski definition) is 3. The summed E-state index contributed by atoms with van der Waals surface area (Å²) in [5, 5.41) is 2.18. The predicted octanol–water partition coefficient (Wildman–Crippen LogP) is 4.09. The van der Waals surface area contributed by atoms with Crippen molar-refractivity contribution in [1.82, 2.24) is 0 Å². The molecule has 0 fully saturated rings.